The zero-order chi connectivity index (χ0) is 21.1. The number of alkyl halides is 3. The van der Waals surface area contributed by atoms with Gasteiger partial charge in [0, 0.05) is 19.4 Å². The van der Waals surface area contributed by atoms with Gasteiger partial charge in [0.1, 0.15) is 11.6 Å². The molecule has 1 saturated heterocycles. The quantitative estimate of drug-likeness (QED) is 0.468. The number of hydrogen-bond acceptors (Lipinski definition) is 3. The van der Waals surface area contributed by atoms with Gasteiger partial charge < -0.3 is 9.47 Å². The van der Waals surface area contributed by atoms with Gasteiger partial charge in [-0.3, -0.25) is 0 Å². The number of nitrogens with zero attached hydrogens (tertiary/aromatic N) is 4. The molecule has 1 aromatic carbocycles. The molecule has 2 aliphatic heterocycles. The number of hydrogen-bond donors (Lipinski definition) is 0. The highest BCUT2D eigenvalue weighted by Gasteiger charge is 2.34. The molecule has 0 radical (unpaired) electrons. The van der Waals surface area contributed by atoms with Crippen LogP contribution in [-0.4, -0.2) is 39.3 Å². The first kappa shape index (κ1) is 27.2. The molecular formula is C22H30Cl3F3N4. The van der Waals surface area contributed by atoms with Crippen molar-refractivity contribution in [2.24, 2.45) is 0 Å². The van der Waals surface area contributed by atoms with Crippen LogP contribution in [0.4, 0.5) is 13.2 Å². The average molecular weight is 514 g/mol. The predicted octanol–water partition coefficient (Wildman–Crippen LogP) is 6.33. The van der Waals surface area contributed by atoms with Gasteiger partial charge in [0.25, 0.3) is 0 Å². The molecule has 1 fully saturated rings. The lowest BCUT2D eigenvalue weighted by molar-refractivity contribution is -0.137. The number of likely N-dealkylation sites (tertiary alicyclic amines) is 1. The molecule has 2 aromatic rings. The molecule has 0 saturated carbocycles. The molecule has 180 valence electrons. The fourth-order valence-corrected chi connectivity index (χ4v) is 4.92. The van der Waals surface area contributed by atoms with Crippen molar-refractivity contribution in [2.75, 3.05) is 19.6 Å². The van der Waals surface area contributed by atoms with Gasteiger partial charge in [-0.1, -0.05) is 24.1 Å². The van der Waals surface area contributed by atoms with E-state index in [2.05, 4.69) is 19.7 Å². The lowest BCUT2D eigenvalue weighted by Gasteiger charge is -2.32. The second kappa shape index (κ2) is 11.9. The molecular weight excluding hydrogens is 484 g/mol. The van der Waals surface area contributed by atoms with E-state index in [1.54, 1.807) is 6.07 Å². The van der Waals surface area contributed by atoms with E-state index in [0.717, 1.165) is 75.5 Å². The van der Waals surface area contributed by atoms with Crippen LogP contribution in [0.5, 0.6) is 0 Å². The Balaban J connectivity index is 0.00000181. The fourth-order valence-electron chi connectivity index (χ4n) is 4.69. The SMILES string of the molecule is Cl.Cl.FC(F)(F)c1cc(C2CCN(CCCc3nnc4n3CCCCC4)CC2)ccc1Cl. The second-order valence-electron chi connectivity index (χ2n) is 8.45. The van der Waals surface area contributed by atoms with Crippen LogP contribution in [0.2, 0.25) is 5.02 Å². The first-order valence-corrected chi connectivity index (χ1v) is 11.3. The second-order valence-corrected chi connectivity index (χ2v) is 8.86. The molecule has 2 aliphatic rings. The van der Waals surface area contributed by atoms with E-state index in [1.165, 1.54) is 31.4 Å². The van der Waals surface area contributed by atoms with Gasteiger partial charge in [0.05, 0.1) is 10.6 Å². The number of halogens is 6. The Kier molecular flexibility index (Phi) is 10.1. The minimum absolute atomic E-state index is 0. The minimum atomic E-state index is -4.41. The van der Waals surface area contributed by atoms with Crippen LogP contribution in [0, 0.1) is 0 Å². The van der Waals surface area contributed by atoms with Gasteiger partial charge in [-0.2, -0.15) is 13.2 Å². The van der Waals surface area contributed by atoms with Crippen molar-refractivity contribution < 1.29 is 13.2 Å². The van der Waals surface area contributed by atoms with Crippen LogP contribution < -0.4 is 0 Å². The van der Waals surface area contributed by atoms with E-state index >= 15 is 0 Å². The molecule has 0 bridgehead atoms. The summed E-state index contributed by atoms with van der Waals surface area (Å²) in [6.45, 7) is 3.84. The molecule has 3 heterocycles. The summed E-state index contributed by atoms with van der Waals surface area (Å²) in [6, 6.07) is 4.36. The third kappa shape index (κ3) is 6.52. The lowest BCUT2D eigenvalue weighted by atomic mass is 9.88. The van der Waals surface area contributed by atoms with Crippen LogP contribution in [0.15, 0.2) is 18.2 Å². The fraction of sp³-hybridized carbons (Fsp3) is 0.636. The van der Waals surface area contributed by atoms with E-state index in [1.807, 2.05) is 0 Å². The van der Waals surface area contributed by atoms with E-state index < -0.39 is 11.7 Å². The van der Waals surface area contributed by atoms with E-state index in [4.69, 9.17) is 11.6 Å². The topological polar surface area (TPSA) is 34.0 Å². The molecule has 10 heteroatoms. The monoisotopic (exact) mass is 512 g/mol. The number of aryl methyl sites for hydroxylation is 2. The van der Waals surface area contributed by atoms with Gasteiger partial charge in [-0.25, -0.2) is 0 Å². The predicted molar refractivity (Wildman–Crippen MR) is 125 cm³/mol. The first-order valence-electron chi connectivity index (χ1n) is 10.9. The van der Waals surface area contributed by atoms with Gasteiger partial charge in [0.2, 0.25) is 0 Å². The third-order valence-electron chi connectivity index (χ3n) is 6.42. The Bertz CT molecular complexity index is 865. The number of fused-ring (bicyclic) bond motifs is 1. The Morgan fingerprint density at radius 1 is 1.00 bits per heavy atom. The minimum Gasteiger partial charge on any atom is -0.315 e. The number of rotatable bonds is 5. The highest BCUT2D eigenvalue weighted by molar-refractivity contribution is 6.31. The molecule has 1 aromatic heterocycles. The summed E-state index contributed by atoms with van der Waals surface area (Å²) < 4.78 is 41.7. The standard InChI is InChI=1S/C22H28ClF3N4.2ClH/c23-19-8-7-17(15-18(19)22(24,25)26)16-9-13-29(14-10-16)11-4-6-21-28-27-20-5-2-1-3-12-30(20)21;;/h7-8,15-16H,1-6,9-14H2;2*1H. The maximum Gasteiger partial charge on any atom is 0.417 e. The molecule has 0 spiro atoms. The summed E-state index contributed by atoms with van der Waals surface area (Å²) >= 11 is 5.76. The summed E-state index contributed by atoms with van der Waals surface area (Å²) in [5, 5.41) is 8.54. The molecule has 4 rings (SSSR count). The molecule has 32 heavy (non-hydrogen) atoms. The zero-order valence-corrected chi connectivity index (χ0v) is 20.3. The number of benzene rings is 1. The van der Waals surface area contributed by atoms with Crippen molar-refractivity contribution >= 4 is 36.4 Å². The largest absolute Gasteiger partial charge is 0.417 e. The van der Waals surface area contributed by atoms with Gasteiger partial charge in [-0.05, 0) is 75.4 Å². The third-order valence-corrected chi connectivity index (χ3v) is 6.75. The van der Waals surface area contributed by atoms with Crippen LogP contribution in [0.25, 0.3) is 0 Å². The molecule has 0 unspecified atom stereocenters. The van der Waals surface area contributed by atoms with Gasteiger partial charge in [-0.15, -0.1) is 35.0 Å². The first-order chi connectivity index (χ1) is 14.4. The smallest absolute Gasteiger partial charge is 0.315 e. The summed E-state index contributed by atoms with van der Waals surface area (Å²) in [4.78, 5) is 2.41. The molecule has 0 aliphatic carbocycles. The number of piperidine rings is 1. The van der Waals surface area contributed by atoms with E-state index in [0.29, 0.717) is 0 Å². The molecule has 0 atom stereocenters. The number of aromatic nitrogens is 3. The van der Waals surface area contributed by atoms with Gasteiger partial charge >= 0.3 is 6.18 Å². The van der Waals surface area contributed by atoms with E-state index in [-0.39, 0.29) is 35.8 Å². The van der Waals surface area contributed by atoms with Crippen LogP contribution >= 0.6 is 36.4 Å². The highest BCUT2D eigenvalue weighted by atomic mass is 35.5. The van der Waals surface area contributed by atoms with Crippen LogP contribution in [0.3, 0.4) is 0 Å². The summed E-state index contributed by atoms with van der Waals surface area (Å²) in [5.74, 6) is 2.39. The van der Waals surface area contributed by atoms with Crippen molar-refractivity contribution in [2.45, 2.75) is 70.0 Å². The zero-order valence-electron chi connectivity index (χ0n) is 17.9. The molecule has 4 nitrogen and oxygen atoms in total. The Labute approximate surface area is 204 Å². The van der Waals surface area contributed by atoms with E-state index in [9.17, 15) is 13.2 Å². The Morgan fingerprint density at radius 3 is 2.47 bits per heavy atom. The van der Waals surface area contributed by atoms with Crippen molar-refractivity contribution in [1.82, 2.24) is 19.7 Å². The Hall–Kier alpha value is -1.02. The highest BCUT2D eigenvalue weighted by Crippen LogP contribution is 2.38. The summed E-state index contributed by atoms with van der Waals surface area (Å²) in [6.07, 6.45) is 3.99. The van der Waals surface area contributed by atoms with Crippen molar-refractivity contribution in [3.63, 3.8) is 0 Å². The normalized spacial score (nSPS) is 17.8. The van der Waals surface area contributed by atoms with Crippen molar-refractivity contribution in [1.29, 1.82) is 0 Å². The summed E-state index contributed by atoms with van der Waals surface area (Å²) in [5.41, 5.74) is 0.0223. The van der Waals surface area contributed by atoms with Crippen molar-refractivity contribution in [3.8, 4) is 0 Å². The van der Waals surface area contributed by atoms with Crippen molar-refractivity contribution in [3.05, 3.63) is 46.0 Å². The Morgan fingerprint density at radius 2 is 1.75 bits per heavy atom. The maximum absolute atomic E-state index is 13.1. The van der Waals surface area contributed by atoms with Crippen LogP contribution in [0.1, 0.15) is 67.2 Å². The summed E-state index contributed by atoms with van der Waals surface area (Å²) in [7, 11) is 0. The van der Waals surface area contributed by atoms with Crippen LogP contribution in [-0.2, 0) is 25.6 Å². The maximum atomic E-state index is 13.1. The average Bonchev–Trinajstić information content (AvgIpc) is 2.94. The lowest BCUT2D eigenvalue weighted by Crippen LogP contribution is -2.34. The molecule has 0 amide bonds. The molecule has 0 N–H and O–H groups in total. The van der Waals surface area contributed by atoms with Gasteiger partial charge in [0.15, 0.2) is 0 Å².